The van der Waals surface area contributed by atoms with Crippen LogP contribution in [0.5, 0.6) is 5.75 Å². The summed E-state index contributed by atoms with van der Waals surface area (Å²) in [6.07, 6.45) is -3.20. The highest BCUT2D eigenvalue weighted by Gasteiger charge is 2.35. The maximum absolute atomic E-state index is 13.9. The normalized spacial score (nSPS) is 11.6. The number of hydrogen-bond donors (Lipinski definition) is 0. The Bertz CT molecular complexity index is 1450. The minimum Gasteiger partial charge on any atom is -0.489 e. The second kappa shape index (κ2) is 8.83. The Kier molecular flexibility index (Phi) is 5.71. The summed E-state index contributed by atoms with van der Waals surface area (Å²) < 4.78 is 48.2. The first kappa shape index (κ1) is 22.0. The molecule has 3 aromatic carbocycles. The Morgan fingerprint density at radius 3 is 2.26 bits per heavy atom. The number of hydrogen-bond acceptors (Lipinski definition) is 3. The molecule has 0 N–H and O–H groups in total. The molecule has 0 radical (unpaired) electrons. The van der Waals surface area contributed by atoms with E-state index in [-0.39, 0.29) is 17.9 Å². The molecule has 8 heteroatoms. The lowest BCUT2D eigenvalue weighted by molar-refractivity contribution is -0.142. The summed E-state index contributed by atoms with van der Waals surface area (Å²) in [5.41, 5.74) is 2.05. The van der Waals surface area contributed by atoms with Gasteiger partial charge < -0.3 is 4.74 Å². The Hall–Kier alpha value is -3.84. The van der Waals surface area contributed by atoms with Gasteiger partial charge in [0.25, 0.3) is 0 Å². The molecule has 0 aliphatic heterocycles. The number of alkyl halides is 3. The molecule has 0 saturated heterocycles. The highest BCUT2D eigenvalue weighted by atomic mass is 35.5. The summed E-state index contributed by atoms with van der Waals surface area (Å²) >= 11 is 6.16. The molecule has 0 aliphatic rings. The molecule has 0 amide bonds. The maximum Gasteiger partial charge on any atom is 0.433 e. The molecule has 0 bridgehead atoms. The average molecular weight is 480 g/mol. The molecule has 5 rings (SSSR count). The topological polar surface area (TPSA) is 39.4 Å². The summed E-state index contributed by atoms with van der Waals surface area (Å²) in [4.78, 5) is 4.53. The molecule has 0 unspecified atom stereocenters. The zero-order chi connectivity index (χ0) is 23.7. The van der Waals surface area contributed by atoms with Crippen LogP contribution in [0.15, 0.2) is 91.1 Å². The number of rotatable bonds is 5. The Morgan fingerprint density at radius 2 is 1.56 bits per heavy atom. The van der Waals surface area contributed by atoms with E-state index in [1.165, 1.54) is 6.20 Å². The lowest BCUT2D eigenvalue weighted by atomic mass is 10.1. The molecule has 170 valence electrons. The van der Waals surface area contributed by atoms with Crippen molar-refractivity contribution in [3.8, 4) is 28.1 Å². The van der Waals surface area contributed by atoms with Gasteiger partial charge in [0.1, 0.15) is 12.4 Å². The van der Waals surface area contributed by atoms with Crippen LogP contribution in [-0.2, 0) is 12.8 Å². The molecule has 4 nitrogen and oxygen atoms in total. The molecule has 2 heterocycles. The summed E-state index contributed by atoms with van der Waals surface area (Å²) in [6.45, 7) is 0.276. The third-order valence-electron chi connectivity index (χ3n) is 5.35. The lowest BCUT2D eigenvalue weighted by Crippen LogP contribution is -2.13. The van der Waals surface area contributed by atoms with Crippen LogP contribution in [0.4, 0.5) is 13.2 Å². The van der Waals surface area contributed by atoms with Crippen molar-refractivity contribution in [3.63, 3.8) is 0 Å². The second-order valence-electron chi connectivity index (χ2n) is 7.59. The molecular weight excluding hydrogens is 463 g/mol. The molecule has 0 saturated carbocycles. The van der Waals surface area contributed by atoms with Crippen molar-refractivity contribution in [3.05, 3.63) is 107 Å². The van der Waals surface area contributed by atoms with Gasteiger partial charge in [0.15, 0.2) is 11.3 Å². The van der Waals surface area contributed by atoms with E-state index < -0.39 is 11.9 Å². The van der Waals surface area contributed by atoms with Crippen molar-refractivity contribution >= 4 is 17.2 Å². The average Bonchev–Trinajstić information content (AvgIpc) is 3.27. The van der Waals surface area contributed by atoms with Crippen molar-refractivity contribution in [1.82, 2.24) is 14.6 Å². The summed E-state index contributed by atoms with van der Waals surface area (Å²) in [6, 6.07) is 24.2. The van der Waals surface area contributed by atoms with E-state index in [1.807, 2.05) is 48.5 Å². The first-order chi connectivity index (χ1) is 16.4. The number of ether oxygens (including phenoxy) is 1. The van der Waals surface area contributed by atoms with Crippen molar-refractivity contribution < 1.29 is 17.9 Å². The largest absolute Gasteiger partial charge is 0.489 e. The SMILES string of the molecule is FC(F)(F)c1cc(-c2ccc(OCc3ccccc3Cl)cc2)nc2c(-c3ccccc3)cnn12. The lowest BCUT2D eigenvalue weighted by Gasteiger charge is -2.12. The first-order valence-electron chi connectivity index (χ1n) is 10.4. The smallest absolute Gasteiger partial charge is 0.433 e. The highest BCUT2D eigenvalue weighted by molar-refractivity contribution is 6.31. The quantitative estimate of drug-likeness (QED) is 0.265. The van der Waals surface area contributed by atoms with Gasteiger partial charge in [-0.25, -0.2) is 9.50 Å². The van der Waals surface area contributed by atoms with Crippen LogP contribution in [0.25, 0.3) is 28.0 Å². The van der Waals surface area contributed by atoms with Gasteiger partial charge in [0.2, 0.25) is 0 Å². The summed E-state index contributed by atoms with van der Waals surface area (Å²) in [7, 11) is 0. The molecule has 0 fully saturated rings. The molecule has 0 aliphatic carbocycles. The number of nitrogens with zero attached hydrogens (tertiary/aromatic N) is 3. The van der Waals surface area contributed by atoms with Crippen LogP contribution >= 0.6 is 11.6 Å². The van der Waals surface area contributed by atoms with Crippen molar-refractivity contribution in [2.75, 3.05) is 0 Å². The standard InChI is InChI=1S/C26H17ClF3N3O/c27-22-9-5-4-8-19(22)16-34-20-12-10-18(11-13-20)23-14-24(26(28,29)30)33-25(32-23)21(15-31-33)17-6-2-1-3-7-17/h1-15H,16H2. The van der Waals surface area contributed by atoms with Crippen LogP contribution < -0.4 is 4.74 Å². The Labute approximate surface area is 198 Å². The fourth-order valence-electron chi connectivity index (χ4n) is 3.63. The second-order valence-corrected chi connectivity index (χ2v) is 8.00. The number of aromatic nitrogens is 3. The van der Waals surface area contributed by atoms with E-state index in [2.05, 4.69) is 10.1 Å². The third kappa shape index (κ3) is 4.34. The van der Waals surface area contributed by atoms with E-state index in [0.717, 1.165) is 21.7 Å². The molecule has 5 aromatic rings. The third-order valence-corrected chi connectivity index (χ3v) is 5.72. The fourth-order valence-corrected chi connectivity index (χ4v) is 3.82. The highest BCUT2D eigenvalue weighted by Crippen LogP contribution is 2.35. The van der Waals surface area contributed by atoms with Gasteiger partial charge in [-0.2, -0.15) is 18.3 Å². The van der Waals surface area contributed by atoms with Gasteiger partial charge in [-0.05, 0) is 42.0 Å². The molecular formula is C26H17ClF3N3O. The Morgan fingerprint density at radius 1 is 0.853 bits per heavy atom. The van der Waals surface area contributed by atoms with Gasteiger partial charge in [-0.15, -0.1) is 0 Å². The number of benzene rings is 3. The Balaban J connectivity index is 1.51. The minimum atomic E-state index is -4.60. The fraction of sp³-hybridized carbons (Fsp3) is 0.0769. The van der Waals surface area contributed by atoms with Gasteiger partial charge in [-0.3, -0.25) is 0 Å². The van der Waals surface area contributed by atoms with Gasteiger partial charge in [0, 0.05) is 21.7 Å². The first-order valence-corrected chi connectivity index (χ1v) is 10.8. The van der Waals surface area contributed by atoms with Gasteiger partial charge in [0.05, 0.1) is 11.9 Å². The maximum atomic E-state index is 13.9. The molecule has 2 aromatic heterocycles. The monoisotopic (exact) mass is 479 g/mol. The van der Waals surface area contributed by atoms with E-state index in [9.17, 15) is 13.2 Å². The minimum absolute atomic E-state index is 0.134. The zero-order valence-electron chi connectivity index (χ0n) is 17.6. The number of fused-ring (bicyclic) bond motifs is 1. The zero-order valence-corrected chi connectivity index (χ0v) is 18.4. The van der Waals surface area contributed by atoms with Gasteiger partial charge in [-0.1, -0.05) is 60.1 Å². The van der Waals surface area contributed by atoms with Crippen molar-refractivity contribution in [2.45, 2.75) is 12.8 Å². The molecule has 0 atom stereocenters. The number of halogens is 4. The predicted octanol–water partition coefficient (Wildman–Crippen LogP) is 7.31. The van der Waals surface area contributed by atoms with E-state index in [4.69, 9.17) is 16.3 Å². The van der Waals surface area contributed by atoms with Crippen LogP contribution in [-0.4, -0.2) is 14.6 Å². The molecule has 34 heavy (non-hydrogen) atoms. The van der Waals surface area contributed by atoms with Crippen LogP contribution in [0, 0.1) is 0 Å². The predicted molar refractivity (Wildman–Crippen MR) is 125 cm³/mol. The van der Waals surface area contributed by atoms with Gasteiger partial charge >= 0.3 is 6.18 Å². The van der Waals surface area contributed by atoms with Crippen molar-refractivity contribution in [2.24, 2.45) is 0 Å². The van der Waals surface area contributed by atoms with Crippen molar-refractivity contribution in [1.29, 1.82) is 0 Å². The van der Waals surface area contributed by atoms with Crippen LogP contribution in [0.3, 0.4) is 0 Å². The van der Waals surface area contributed by atoms with Crippen LogP contribution in [0.2, 0.25) is 5.02 Å². The van der Waals surface area contributed by atoms with Crippen LogP contribution in [0.1, 0.15) is 11.3 Å². The van der Waals surface area contributed by atoms with E-state index in [0.29, 0.717) is 21.9 Å². The van der Waals surface area contributed by atoms with E-state index in [1.54, 1.807) is 30.3 Å². The summed E-state index contributed by atoms with van der Waals surface area (Å²) in [5.74, 6) is 0.565. The van der Waals surface area contributed by atoms with E-state index >= 15 is 0 Å². The molecule has 0 spiro atoms. The summed E-state index contributed by atoms with van der Waals surface area (Å²) in [5, 5.41) is 4.58.